The number of carboxylic acid groups (broad SMARTS) is 1. The van der Waals surface area contributed by atoms with Crippen molar-refractivity contribution in [1.82, 2.24) is 4.98 Å². The van der Waals surface area contributed by atoms with Gasteiger partial charge in [-0.15, -0.1) is 0 Å². The van der Waals surface area contributed by atoms with Crippen LogP contribution < -0.4 is 9.47 Å². The molecule has 1 fully saturated rings. The van der Waals surface area contributed by atoms with Gasteiger partial charge in [-0.2, -0.15) is 13.2 Å². The van der Waals surface area contributed by atoms with Crippen LogP contribution >= 0.6 is 15.9 Å². The molecule has 0 atom stereocenters. The number of carboxylic acids is 1. The van der Waals surface area contributed by atoms with Gasteiger partial charge in [-0.1, -0.05) is 0 Å². The normalized spacial score (nSPS) is 14.1. The average Bonchev–Trinajstić information content (AvgIpc) is 3.40. The van der Waals surface area contributed by atoms with E-state index in [4.69, 9.17) is 14.6 Å². The molecule has 2 aromatic carbocycles. The molecule has 1 aliphatic rings. The number of halogens is 4. The van der Waals surface area contributed by atoms with Gasteiger partial charge in [0.1, 0.15) is 17.1 Å². The van der Waals surface area contributed by atoms with Gasteiger partial charge in [0.25, 0.3) is 0 Å². The Morgan fingerprint density at radius 2 is 1.97 bits per heavy atom. The van der Waals surface area contributed by atoms with Crippen molar-refractivity contribution in [2.45, 2.75) is 25.4 Å². The molecule has 9 heteroatoms. The number of aromatic amines is 1. The standard InChI is InChI=1S/C21H17BrF3NO4/c22-17-8-14(29-10-19(27)28)7-16(21(23,24)25)20(17)30-13-3-4-18-15(6-13)12(9-26-18)5-11-1-2-11/h3-4,6-9,11,26H,1-2,5,10H2,(H,27,28). The highest BCUT2D eigenvalue weighted by Crippen LogP contribution is 2.45. The van der Waals surface area contributed by atoms with Crippen molar-refractivity contribution in [3.05, 3.63) is 52.1 Å². The van der Waals surface area contributed by atoms with E-state index < -0.39 is 30.1 Å². The van der Waals surface area contributed by atoms with E-state index in [2.05, 4.69) is 20.9 Å². The Bertz CT molecular complexity index is 1110. The Hall–Kier alpha value is -2.68. The van der Waals surface area contributed by atoms with Gasteiger partial charge in [0.05, 0.1) is 4.47 Å². The van der Waals surface area contributed by atoms with Gasteiger partial charge in [0.2, 0.25) is 0 Å². The van der Waals surface area contributed by atoms with Crippen LogP contribution in [0, 0.1) is 5.92 Å². The first kappa shape index (κ1) is 20.6. The molecule has 0 bridgehead atoms. The third-order valence-corrected chi connectivity index (χ3v) is 5.44. The summed E-state index contributed by atoms with van der Waals surface area (Å²) in [6, 6.07) is 7.08. The number of ether oxygens (including phenoxy) is 2. The maximum atomic E-state index is 13.7. The van der Waals surface area contributed by atoms with Crippen molar-refractivity contribution < 1.29 is 32.5 Å². The van der Waals surface area contributed by atoms with E-state index in [1.807, 2.05) is 6.20 Å². The molecule has 30 heavy (non-hydrogen) atoms. The molecule has 1 saturated carbocycles. The van der Waals surface area contributed by atoms with Gasteiger partial charge in [0.15, 0.2) is 12.4 Å². The Kier molecular flexibility index (Phi) is 5.40. The van der Waals surface area contributed by atoms with Gasteiger partial charge in [-0.25, -0.2) is 4.79 Å². The summed E-state index contributed by atoms with van der Waals surface area (Å²) in [4.78, 5) is 13.8. The first-order valence-electron chi connectivity index (χ1n) is 9.24. The SMILES string of the molecule is O=C(O)COc1cc(Br)c(Oc2ccc3[nH]cc(CC4CC4)c3c2)c(C(F)(F)F)c1. The number of rotatable bonds is 7. The minimum absolute atomic E-state index is 0.00471. The van der Waals surface area contributed by atoms with E-state index in [-0.39, 0.29) is 16.0 Å². The fourth-order valence-electron chi connectivity index (χ4n) is 3.25. The van der Waals surface area contributed by atoms with E-state index in [9.17, 15) is 18.0 Å². The first-order valence-corrected chi connectivity index (χ1v) is 10.0. The highest BCUT2D eigenvalue weighted by atomic mass is 79.9. The summed E-state index contributed by atoms with van der Waals surface area (Å²) in [6.07, 6.45) is 0.521. The van der Waals surface area contributed by atoms with E-state index in [0.717, 1.165) is 29.0 Å². The van der Waals surface area contributed by atoms with Gasteiger partial charge in [-0.3, -0.25) is 0 Å². The smallest absolute Gasteiger partial charge is 0.420 e. The number of aromatic nitrogens is 1. The van der Waals surface area contributed by atoms with Crippen LogP contribution in [0.3, 0.4) is 0 Å². The number of nitrogens with one attached hydrogen (secondary N) is 1. The number of H-pyrrole nitrogens is 1. The maximum absolute atomic E-state index is 13.7. The molecule has 1 aromatic heterocycles. The molecular formula is C21H17BrF3NO4. The number of alkyl halides is 3. The highest BCUT2D eigenvalue weighted by molar-refractivity contribution is 9.10. The first-order chi connectivity index (χ1) is 14.2. The Morgan fingerprint density at radius 3 is 2.63 bits per heavy atom. The molecule has 0 spiro atoms. The van der Waals surface area contributed by atoms with Crippen molar-refractivity contribution in [1.29, 1.82) is 0 Å². The molecule has 0 amide bonds. The predicted octanol–water partition coefficient (Wildman–Crippen LogP) is 6.16. The molecule has 0 saturated heterocycles. The summed E-state index contributed by atoms with van der Waals surface area (Å²) < 4.78 is 51.5. The number of benzene rings is 2. The second kappa shape index (κ2) is 7.86. The van der Waals surface area contributed by atoms with E-state index in [0.29, 0.717) is 5.92 Å². The summed E-state index contributed by atoms with van der Waals surface area (Å²) in [5.41, 5.74) is 0.945. The molecule has 3 aromatic rings. The fourth-order valence-corrected chi connectivity index (χ4v) is 3.77. The maximum Gasteiger partial charge on any atom is 0.420 e. The molecule has 1 aliphatic carbocycles. The Balaban J connectivity index is 1.68. The molecule has 0 radical (unpaired) electrons. The van der Waals surface area contributed by atoms with E-state index in [1.165, 1.54) is 18.9 Å². The topological polar surface area (TPSA) is 71.6 Å². The van der Waals surface area contributed by atoms with Crippen LogP contribution in [0.15, 0.2) is 41.0 Å². The van der Waals surface area contributed by atoms with Crippen molar-refractivity contribution in [2.24, 2.45) is 5.92 Å². The Labute approximate surface area is 177 Å². The third-order valence-electron chi connectivity index (χ3n) is 4.85. The number of carbonyl (C=O) groups is 1. The van der Waals surface area contributed by atoms with Crippen molar-refractivity contribution in [3.63, 3.8) is 0 Å². The zero-order valence-corrected chi connectivity index (χ0v) is 17.1. The van der Waals surface area contributed by atoms with Gasteiger partial charge < -0.3 is 19.6 Å². The second-order valence-corrected chi connectivity index (χ2v) is 8.09. The molecule has 0 aliphatic heterocycles. The monoisotopic (exact) mass is 483 g/mol. The molecule has 0 unspecified atom stereocenters. The van der Waals surface area contributed by atoms with Crippen LogP contribution in [-0.4, -0.2) is 22.7 Å². The lowest BCUT2D eigenvalue weighted by molar-refractivity contribution is -0.139. The summed E-state index contributed by atoms with van der Waals surface area (Å²) in [6.45, 7) is -0.752. The van der Waals surface area contributed by atoms with Gasteiger partial charge >= 0.3 is 12.1 Å². The lowest BCUT2D eigenvalue weighted by atomic mass is 10.1. The predicted molar refractivity (Wildman–Crippen MR) is 107 cm³/mol. The zero-order chi connectivity index (χ0) is 21.5. The van der Waals surface area contributed by atoms with Crippen LogP contribution in [-0.2, 0) is 17.4 Å². The van der Waals surface area contributed by atoms with E-state index >= 15 is 0 Å². The minimum atomic E-state index is -4.73. The highest BCUT2D eigenvalue weighted by Gasteiger charge is 2.36. The minimum Gasteiger partial charge on any atom is -0.482 e. The summed E-state index contributed by atoms with van der Waals surface area (Å²) in [5, 5.41) is 9.61. The van der Waals surface area contributed by atoms with Crippen molar-refractivity contribution in [2.75, 3.05) is 6.61 Å². The van der Waals surface area contributed by atoms with E-state index in [1.54, 1.807) is 18.2 Å². The number of aliphatic carboxylic acids is 1. The van der Waals surface area contributed by atoms with Crippen LogP contribution in [0.4, 0.5) is 13.2 Å². The zero-order valence-electron chi connectivity index (χ0n) is 15.6. The molecule has 2 N–H and O–H groups in total. The van der Waals surface area contributed by atoms with Crippen LogP contribution in [0.25, 0.3) is 10.9 Å². The lowest BCUT2D eigenvalue weighted by Gasteiger charge is -2.17. The summed E-state index contributed by atoms with van der Waals surface area (Å²) in [7, 11) is 0. The molecule has 4 rings (SSSR count). The molecule has 158 valence electrons. The summed E-state index contributed by atoms with van der Waals surface area (Å²) in [5.74, 6) is -0.996. The molecular weight excluding hydrogens is 467 g/mol. The quantitative estimate of drug-likeness (QED) is 0.422. The van der Waals surface area contributed by atoms with Crippen LogP contribution in [0.1, 0.15) is 24.0 Å². The molecule has 5 nitrogen and oxygen atoms in total. The number of fused-ring (bicyclic) bond motifs is 1. The number of hydrogen-bond donors (Lipinski definition) is 2. The van der Waals surface area contributed by atoms with Crippen LogP contribution in [0.5, 0.6) is 17.2 Å². The third kappa shape index (κ3) is 4.56. The van der Waals surface area contributed by atoms with Crippen molar-refractivity contribution in [3.8, 4) is 17.2 Å². The number of hydrogen-bond acceptors (Lipinski definition) is 3. The average molecular weight is 484 g/mol. The lowest BCUT2D eigenvalue weighted by Crippen LogP contribution is -2.12. The van der Waals surface area contributed by atoms with Gasteiger partial charge in [0, 0.05) is 17.1 Å². The molecule has 1 heterocycles. The van der Waals surface area contributed by atoms with Crippen LogP contribution in [0.2, 0.25) is 0 Å². The fraction of sp³-hybridized carbons (Fsp3) is 0.286. The largest absolute Gasteiger partial charge is 0.482 e. The second-order valence-electron chi connectivity index (χ2n) is 7.23. The summed E-state index contributed by atoms with van der Waals surface area (Å²) >= 11 is 3.09. The van der Waals surface area contributed by atoms with Crippen molar-refractivity contribution >= 4 is 32.8 Å². The Morgan fingerprint density at radius 1 is 1.20 bits per heavy atom. The van der Waals surface area contributed by atoms with Gasteiger partial charge in [-0.05, 0) is 77.0 Å².